The molecule has 0 aliphatic carbocycles. The summed E-state index contributed by atoms with van der Waals surface area (Å²) in [4.78, 5) is 0. The van der Waals surface area contributed by atoms with Crippen molar-refractivity contribution in [3.63, 3.8) is 0 Å². The first-order valence-corrected chi connectivity index (χ1v) is 6.47. The Labute approximate surface area is 110 Å². The van der Waals surface area contributed by atoms with E-state index in [9.17, 15) is 0 Å². The van der Waals surface area contributed by atoms with Crippen LogP contribution in [0.2, 0.25) is 0 Å². The normalized spacial score (nSPS) is 10.4. The van der Waals surface area contributed by atoms with Gasteiger partial charge in [-0.2, -0.15) is 0 Å². The fourth-order valence-electron chi connectivity index (χ4n) is 2.20. The molecule has 0 amide bonds. The maximum atomic E-state index is 4.01. The van der Waals surface area contributed by atoms with Crippen LogP contribution in [0.25, 0.3) is 16.7 Å². The van der Waals surface area contributed by atoms with Gasteiger partial charge in [-0.05, 0) is 54.2 Å². The molecule has 2 rings (SSSR count). The van der Waals surface area contributed by atoms with Crippen molar-refractivity contribution in [3.8, 4) is 11.1 Å². The molecular formula is C18H20. The Hall–Kier alpha value is -1.82. The second-order valence-corrected chi connectivity index (χ2v) is 4.86. The van der Waals surface area contributed by atoms with Crippen molar-refractivity contribution < 1.29 is 0 Å². The highest BCUT2D eigenvalue weighted by atomic mass is 14.1. The van der Waals surface area contributed by atoms with Crippen LogP contribution < -0.4 is 0 Å². The zero-order chi connectivity index (χ0) is 13.1. The number of hydrogen-bond donors (Lipinski definition) is 0. The van der Waals surface area contributed by atoms with Gasteiger partial charge in [-0.25, -0.2) is 0 Å². The minimum atomic E-state index is 1.08. The van der Waals surface area contributed by atoms with E-state index in [1.807, 2.05) is 6.92 Å². The van der Waals surface area contributed by atoms with Crippen molar-refractivity contribution in [3.05, 3.63) is 65.7 Å². The average molecular weight is 236 g/mol. The quantitative estimate of drug-likeness (QED) is 0.682. The molecule has 0 nitrogen and oxygen atoms in total. The van der Waals surface area contributed by atoms with Gasteiger partial charge in [-0.1, -0.05) is 55.5 Å². The number of rotatable bonds is 3. The highest BCUT2D eigenvalue weighted by Crippen LogP contribution is 2.25. The second kappa shape index (κ2) is 5.22. The van der Waals surface area contributed by atoms with Gasteiger partial charge < -0.3 is 0 Å². The smallest absolute Gasteiger partial charge is 0.0178 e. The molecule has 92 valence electrons. The van der Waals surface area contributed by atoms with Gasteiger partial charge in [0.2, 0.25) is 0 Å². The van der Waals surface area contributed by atoms with Crippen LogP contribution in [0.1, 0.15) is 30.5 Å². The molecule has 0 heterocycles. The molecule has 2 aromatic rings. The third kappa shape index (κ3) is 2.53. The van der Waals surface area contributed by atoms with Gasteiger partial charge in [0, 0.05) is 0 Å². The maximum Gasteiger partial charge on any atom is -0.0178 e. The topological polar surface area (TPSA) is 0 Å². The molecule has 0 fully saturated rings. The summed E-state index contributed by atoms with van der Waals surface area (Å²) < 4.78 is 0. The fourth-order valence-corrected chi connectivity index (χ4v) is 2.20. The third-order valence-electron chi connectivity index (χ3n) is 3.42. The molecule has 0 N–H and O–H groups in total. The Morgan fingerprint density at radius 1 is 1.06 bits per heavy atom. The van der Waals surface area contributed by atoms with Crippen LogP contribution in [0.4, 0.5) is 0 Å². The number of allylic oxidation sites excluding steroid dienone is 1. The summed E-state index contributed by atoms with van der Waals surface area (Å²) in [6.45, 7) is 10.4. The van der Waals surface area contributed by atoms with Crippen LogP contribution in [0.15, 0.2) is 49.0 Å². The SMILES string of the molecule is C=C(C)c1cccc(-c2ccc(C)c(CC)c2)c1. The summed E-state index contributed by atoms with van der Waals surface area (Å²) in [6.07, 6.45) is 1.08. The Morgan fingerprint density at radius 2 is 1.78 bits per heavy atom. The summed E-state index contributed by atoms with van der Waals surface area (Å²) in [6, 6.07) is 15.3. The van der Waals surface area contributed by atoms with E-state index in [2.05, 4.69) is 62.9 Å². The van der Waals surface area contributed by atoms with Crippen molar-refractivity contribution in [2.75, 3.05) is 0 Å². The minimum Gasteiger partial charge on any atom is -0.0955 e. The van der Waals surface area contributed by atoms with Gasteiger partial charge in [0.15, 0.2) is 0 Å². The molecule has 2 aromatic carbocycles. The predicted octanol–water partition coefficient (Wildman–Crippen LogP) is 5.26. The molecule has 0 heteroatoms. The van der Waals surface area contributed by atoms with Crippen molar-refractivity contribution >= 4 is 5.57 Å². The second-order valence-electron chi connectivity index (χ2n) is 4.86. The van der Waals surface area contributed by atoms with Gasteiger partial charge in [-0.15, -0.1) is 0 Å². The van der Waals surface area contributed by atoms with Crippen molar-refractivity contribution in [2.45, 2.75) is 27.2 Å². The molecule has 0 aliphatic rings. The van der Waals surface area contributed by atoms with Crippen molar-refractivity contribution in [1.29, 1.82) is 0 Å². The number of hydrogen-bond acceptors (Lipinski definition) is 0. The van der Waals surface area contributed by atoms with E-state index < -0.39 is 0 Å². The molecule has 0 unspecified atom stereocenters. The Morgan fingerprint density at radius 3 is 2.44 bits per heavy atom. The molecule has 0 saturated carbocycles. The summed E-state index contributed by atoms with van der Waals surface area (Å²) in [5.74, 6) is 0. The molecule has 0 spiro atoms. The standard InChI is InChI=1S/C18H20/c1-5-15-11-18(10-9-14(15)4)17-8-6-7-16(12-17)13(2)3/h6-12H,2,5H2,1,3-4H3. The average Bonchev–Trinajstić information content (AvgIpc) is 2.39. The van der Waals surface area contributed by atoms with E-state index in [-0.39, 0.29) is 0 Å². The first kappa shape index (κ1) is 12.6. The van der Waals surface area contributed by atoms with E-state index in [0.717, 1.165) is 12.0 Å². The molecule has 0 radical (unpaired) electrons. The minimum absolute atomic E-state index is 1.08. The van der Waals surface area contributed by atoms with Crippen molar-refractivity contribution in [1.82, 2.24) is 0 Å². The van der Waals surface area contributed by atoms with Crippen LogP contribution in [0, 0.1) is 6.92 Å². The van der Waals surface area contributed by atoms with Gasteiger partial charge in [-0.3, -0.25) is 0 Å². The lowest BCUT2D eigenvalue weighted by Crippen LogP contribution is -1.88. The molecule has 0 saturated heterocycles. The van der Waals surface area contributed by atoms with Crippen LogP contribution in [-0.4, -0.2) is 0 Å². The Bertz CT molecular complexity index is 576. The van der Waals surface area contributed by atoms with Crippen LogP contribution in [-0.2, 0) is 6.42 Å². The monoisotopic (exact) mass is 236 g/mol. The fraction of sp³-hybridized carbons (Fsp3) is 0.222. The number of benzene rings is 2. The zero-order valence-corrected chi connectivity index (χ0v) is 11.5. The maximum absolute atomic E-state index is 4.01. The highest BCUT2D eigenvalue weighted by molar-refractivity contribution is 5.71. The lowest BCUT2D eigenvalue weighted by atomic mass is 9.96. The van der Waals surface area contributed by atoms with E-state index >= 15 is 0 Å². The van der Waals surface area contributed by atoms with Crippen molar-refractivity contribution in [2.24, 2.45) is 0 Å². The first-order chi connectivity index (χ1) is 8.61. The largest absolute Gasteiger partial charge is 0.0955 e. The van der Waals surface area contributed by atoms with E-state index in [1.165, 1.54) is 27.8 Å². The zero-order valence-electron chi connectivity index (χ0n) is 11.5. The van der Waals surface area contributed by atoms with E-state index in [0.29, 0.717) is 0 Å². The lowest BCUT2D eigenvalue weighted by Gasteiger charge is -2.09. The van der Waals surface area contributed by atoms with Gasteiger partial charge in [0.1, 0.15) is 0 Å². The molecule has 0 aromatic heterocycles. The highest BCUT2D eigenvalue weighted by Gasteiger charge is 2.02. The van der Waals surface area contributed by atoms with Crippen LogP contribution in [0.5, 0.6) is 0 Å². The summed E-state index contributed by atoms with van der Waals surface area (Å²) >= 11 is 0. The first-order valence-electron chi connectivity index (χ1n) is 6.47. The Balaban J connectivity index is 2.48. The predicted molar refractivity (Wildman–Crippen MR) is 80.7 cm³/mol. The molecule has 0 aliphatic heterocycles. The van der Waals surface area contributed by atoms with Gasteiger partial charge in [0.05, 0.1) is 0 Å². The lowest BCUT2D eigenvalue weighted by molar-refractivity contribution is 1.11. The van der Waals surface area contributed by atoms with Gasteiger partial charge in [0.25, 0.3) is 0 Å². The van der Waals surface area contributed by atoms with E-state index in [4.69, 9.17) is 0 Å². The third-order valence-corrected chi connectivity index (χ3v) is 3.42. The number of aryl methyl sites for hydroxylation is 2. The molecular weight excluding hydrogens is 216 g/mol. The summed E-state index contributed by atoms with van der Waals surface area (Å²) in [7, 11) is 0. The summed E-state index contributed by atoms with van der Waals surface area (Å²) in [5, 5.41) is 0. The van der Waals surface area contributed by atoms with E-state index in [1.54, 1.807) is 0 Å². The van der Waals surface area contributed by atoms with Gasteiger partial charge >= 0.3 is 0 Å². The van der Waals surface area contributed by atoms with Crippen LogP contribution >= 0.6 is 0 Å². The Kier molecular flexibility index (Phi) is 3.66. The van der Waals surface area contributed by atoms with Crippen LogP contribution in [0.3, 0.4) is 0 Å². The summed E-state index contributed by atoms with van der Waals surface area (Å²) in [5.41, 5.74) is 7.68. The molecule has 18 heavy (non-hydrogen) atoms. The molecule has 0 atom stereocenters. The molecule has 0 bridgehead atoms.